The van der Waals surface area contributed by atoms with Crippen molar-refractivity contribution in [3.05, 3.63) is 30.1 Å². The van der Waals surface area contributed by atoms with Crippen LogP contribution in [0.3, 0.4) is 0 Å². The first-order valence-electron chi connectivity index (χ1n) is 6.53. The molecule has 0 saturated heterocycles. The zero-order valence-electron chi connectivity index (χ0n) is 11.8. The van der Waals surface area contributed by atoms with Gasteiger partial charge in [0, 0.05) is 24.7 Å². The maximum atomic E-state index is 12.0. The first-order valence-corrected chi connectivity index (χ1v) is 6.53. The highest BCUT2D eigenvalue weighted by molar-refractivity contribution is 5.68. The Kier molecular flexibility index (Phi) is 3.64. The van der Waals surface area contributed by atoms with Crippen molar-refractivity contribution in [2.45, 2.75) is 45.9 Å². The highest BCUT2D eigenvalue weighted by Gasteiger charge is 2.27. The number of hydrogen-bond donors (Lipinski definition) is 0. The summed E-state index contributed by atoms with van der Waals surface area (Å²) in [4.78, 5) is 13.7. The number of allylic oxidation sites excluding steroid dienone is 1. The van der Waals surface area contributed by atoms with E-state index in [2.05, 4.69) is 11.7 Å². The Morgan fingerprint density at radius 2 is 2.32 bits per heavy atom. The van der Waals surface area contributed by atoms with Crippen LogP contribution in [0.1, 0.15) is 32.0 Å². The number of ether oxygens (including phenoxy) is 1. The average molecular weight is 263 g/mol. The van der Waals surface area contributed by atoms with Gasteiger partial charge in [-0.3, -0.25) is 4.68 Å². The van der Waals surface area contributed by atoms with Gasteiger partial charge in [-0.25, -0.2) is 4.79 Å². The zero-order chi connectivity index (χ0) is 14.0. The van der Waals surface area contributed by atoms with Crippen LogP contribution < -0.4 is 0 Å². The van der Waals surface area contributed by atoms with E-state index < -0.39 is 5.60 Å². The number of carbonyl (C=O) groups excluding carboxylic acids is 1. The van der Waals surface area contributed by atoms with Gasteiger partial charge in [-0.2, -0.15) is 5.10 Å². The highest BCUT2D eigenvalue weighted by atomic mass is 16.6. The molecule has 5 nitrogen and oxygen atoms in total. The van der Waals surface area contributed by atoms with Gasteiger partial charge in [0.05, 0.1) is 18.8 Å². The molecule has 1 aromatic heterocycles. The molecule has 104 valence electrons. The Morgan fingerprint density at radius 1 is 1.58 bits per heavy atom. The lowest BCUT2D eigenvalue weighted by Crippen LogP contribution is -2.39. The second-order valence-corrected chi connectivity index (χ2v) is 5.76. The fourth-order valence-corrected chi connectivity index (χ4v) is 2.08. The predicted octanol–water partition coefficient (Wildman–Crippen LogP) is 2.36. The summed E-state index contributed by atoms with van der Waals surface area (Å²) in [5.41, 5.74) is 1.71. The Hall–Kier alpha value is -1.78. The summed E-state index contributed by atoms with van der Waals surface area (Å²) in [5, 5.41) is 4.48. The van der Waals surface area contributed by atoms with Crippen LogP contribution in [0.4, 0.5) is 4.79 Å². The summed E-state index contributed by atoms with van der Waals surface area (Å²) < 4.78 is 7.25. The number of rotatable bonds is 2. The monoisotopic (exact) mass is 263 g/mol. The van der Waals surface area contributed by atoms with E-state index >= 15 is 0 Å². The van der Waals surface area contributed by atoms with Gasteiger partial charge in [-0.1, -0.05) is 6.08 Å². The molecule has 1 aromatic rings. The van der Waals surface area contributed by atoms with Crippen LogP contribution in [-0.4, -0.2) is 32.9 Å². The van der Waals surface area contributed by atoms with Crippen molar-refractivity contribution in [1.29, 1.82) is 0 Å². The van der Waals surface area contributed by atoms with Crippen molar-refractivity contribution in [3.8, 4) is 0 Å². The fraction of sp³-hybridized carbons (Fsp3) is 0.571. The van der Waals surface area contributed by atoms with Gasteiger partial charge < -0.3 is 9.64 Å². The lowest BCUT2D eigenvalue weighted by molar-refractivity contribution is 0.0223. The molecular formula is C14H21N3O2. The highest BCUT2D eigenvalue weighted by Crippen LogP contribution is 2.20. The van der Waals surface area contributed by atoms with Gasteiger partial charge in [0.15, 0.2) is 0 Å². The molecule has 19 heavy (non-hydrogen) atoms. The molecule has 0 spiro atoms. The van der Waals surface area contributed by atoms with Gasteiger partial charge in [0.2, 0.25) is 0 Å². The van der Waals surface area contributed by atoms with E-state index in [1.165, 1.54) is 0 Å². The summed E-state index contributed by atoms with van der Waals surface area (Å²) in [5.74, 6) is 0. The molecule has 0 N–H and O–H groups in total. The molecule has 2 heterocycles. The molecule has 0 saturated carbocycles. The Morgan fingerprint density at radius 3 is 2.95 bits per heavy atom. The van der Waals surface area contributed by atoms with Gasteiger partial charge in [0.25, 0.3) is 0 Å². The molecule has 5 heteroatoms. The topological polar surface area (TPSA) is 47.4 Å². The molecule has 0 bridgehead atoms. The largest absolute Gasteiger partial charge is 0.444 e. The quantitative estimate of drug-likeness (QED) is 0.770. The summed E-state index contributed by atoms with van der Waals surface area (Å²) in [6.45, 7) is 11.3. The van der Waals surface area contributed by atoms with E-state index in [9.17, 15) is 4.79 Å². The number of amides is 1. The number of nitrogens with zero attached hydrogens (tertiary/aromatic N) is 3. The fourth-order valence-electron chi connectivity index (χ4n) is 2.08. The number of fused-ring (bicyclic) bond motifs is 1. The minimum Gasteiger partial charge on any atom is -0.444 e. The second kappa shape index (κ2) is 5.07. The van der Waals surface area contributed by atoms with Gasteiger partial charge in [-0.15, -0.1) is 6.58 Å². The van der Waals surface area contributed by atoms with Crippen LogP contribution in [0.25, 0.3) is 0 Å². The van der Waals surface area contributed by atoms with Crippen molar-refractivity contribution >= 4 is 6.09 Å². The third-order valence-corrected chi connectivity index (χ3v) is 2.87. The standard InChI is InChI=1S/C14H21N3O2/c1-5-7-17-10-11-9-16(8-6-12(11)15-17)13(18)19-14(2,3)4/h5,10H,1,6-9H2,2-4H3. The molecule has 0 unspecified atom stereocenters. The first-order chi connectivity index (χ1) is 8.89. The summed E-state index contributed by atoms with van der Waals surface area (Å²) in [6.07, 6.45) is 4.31. The maximum absolute atomic E-state index is 12.0. The summed E-state index contributed by atoms with van der Waals surface area (Å²) >= 11 is 0. The Balaban J connectivity index is 2.05. The minimum atomic E-state index is -0.454. The van der Waals surface area contributed by atoms with Crippen molar-refractivity contribution < 1.29 is 9.53 Å². The van der Waals surface area contributed by atoms with Crippen LogP contribution in [0, 0.1) is 0 Å². The number of hydrogen-bond acceptors (Lipinski definition) is 3. The van der Waals surface area contributed by atoms with E-state index in [-0.39, 0.29) is 6.09 Å². The summed E-state index contributed by atoms with van der Waals surface area (Å²) in [7, 11) is 0. The van der Waals surface area contributed by atoms with Crippen molar-refractivity contribution in [3.63, 3.8) is 0 Å². The van der Waals surface area contributed by atoms with Gasteiger partial charge in [-0.05, 0) is 20.8 Å². The SMILES string of the molecule is C=CCn1cc2c(n1)CCN(C(=O)OC(C)(C)C)C2. The van der Waals surface area contributed by atoms with Crippen molar-refractivity contribution in [2.24, 2.45) is 0 Å². The van der Waals surface area contributed by atoms with E-state index in [0.717, 1.165) is 17.7 Å². The van der Waals surface area contributed by atoms with Crippen LogP contribution in [-0.2, 0) is 24.2 Å². The lowest BCUT2D eigenvalue weighted by Gasteiger charge is -2.29. The first kappa shape index (κ1) is 13.6. The average Bonchev–Trinajstić information content (AvgIpc) is 2.68. The third kappa shape index (κ3) is 3.36. The van der Waals surface area contributed by atoms with Crippen molar-refractivity contribution in [2.75, 3.05) is 6.54 Å². The molecule has 1 aliphatic rings. The molecule has 0 aliphatic carbocycles. The molecule has 0 aromatic carbocycles. The molecule has 0 atom stereocenters. The van der Waals surface area contributed by atoms with Crippen LogP contribution in [0.15, 0.2) is 18.9 Å². The van der Waals surface area contributed by atoms with E-state index in [1.54, 1.807) is 4.90 Å². The van der Waals surface area contributed by atoms with Crippen LogP contribution >= 0.6 is 0 Å². The summed E-state index contributed by atoms with van der Waals surface area (Å²) in [6, 6.07) is 0. The molecule has 1 amide bonds. The molecular weight excluding hydrogens is 242 g/mol. The Bertz CT molecular complexity index is 485. The van der Waals surface area contributed by atoms with E-state index in [4.69, 9.17) is 4.74 Å². The van der Waals surface area contributed by atoms with Crippen molar-refractivity contribution in [1.82, 2.24) is 14.7 Å². The smallest absolute Gasteiger partial charge is 0.410 e. The van der Waals surface area contributed by atoms with Gasteiger partial charge >= 0.3 is 6.09 Å². The molecule has 2 rings (SSSR count). The molecule has 1 aliphatic heterocycles. The maximum Gasteiger partial charge on any atom is 0.410 e. The van der Waals surface area contributed by atoms with E-state index in [1.807, 2.05) is 37.7 Å². The van der Waals surface area contributed by atoms with Gasteiger partial charge in [0.1, 0.15) is 5.60 Å². The Labute approximate surface area is 113 Å². The third-order valence-electron chi connectivity index (χ3n) is 2.87. The molecule has 0 fully saturated rings. The molecule has 0 radical (unpaired) electrons. The lowest BCUT2D eigenvalue weighted by atomic mass is 10.1. The predicted molar refractivity (Wildman–Crippen MR) is 72.8 cm³/mol. The van der Waals surface area contributed by atoms with Crippen LogP contribution in [0.5, 0.6) is 0 Å². The zero-order valence-corrected chi connectivity index (χ0v) is 11.8. The number of aromatic nitrogens is 2. The number of carbonyl (C=O) groups is 1. The second-order valence-electron chi connectivity index (χ2n) is 5.76. The van der Waals surface area contributed by atoms with E-state index in [0.29, 0.717) is 19.6 Å². The van der Waals surface area contributed by atoms with Crippen LogP contribution in [0.2, 0.25) is 0 Å². The minimum absolute atomic E-state index is 0.255. The normalized spacial score (nSPS) is 15.0.